The molecule has 0 aliphatic heterocycles. The van der Waals surface area contributed by atoms with Crippen LogP contribution in [0.4, 0.5) is 0 Å². The molecule has 0 saturated heterocycles. The summed E-state index contributed by atoms with van der Waals surface area (Å²) in [6.07, 6.45) is 12.0. The van der Waals surface area contributed by atoms with Gasteiger partial charge in [0.2, 0.25) is 0 Å². The van der Waals surface area contributed by atoms with Gasteiger partial charge in [-0.3, -0.25) is 4.68 Å². The quantitative estimate of drug-likeness (QED) is 0.862. The van der Waals surface area contributed by atoms with E-state index in [1.807, 2.05) is 17.9 Å². The zero-order valence-electron chi connectivity index (χ0n) is 13.7. The fourth-order valence-electron chi connectivity index (χ4n) is 3.39. The molecule has 1 atom stereocenters. The Morgan fingerprint density at radius 2 is 2.10 bits per heavy atom. The largest absolute Gasteiger partial charge is 0.313 e. The number of aromatic nitrogens is 2. The van der Waals surface area contributed by atoms with Gasteiger partial charge >= 0.3 is 0 Å². The highest BCUT2D eigenvalue weighted by Crippen LogP contribution is 2.39. The molecule has 2 rings (SSSR count). The summed E-state index contributed by atoms with van der Waals surface area (Å²) in [5, 5.41) is 8.09. The third-order valence-electron chi connectivity index (χ3n) is 4.82. The minimum absolute atomic E-state index is 0.556. The first-order valence-corrected chi connectivity index (χ1v) is 8.21. The SMILES string of the molecule is CCCNC(Cc1cnn(C)c1)C1CCC(C)(C)CC1. The molecule has 3 nitrogen and oxygen atoms in total. The second-order valence-corrected chi connectivity index (χ2v) is 7.29. The van der Waals surface area contributed by atoms with Crippen LogP contribution in [0, 0.1) is 11.3 Å². The van der Waals surface area contributed by atoms with Crippen LogP contribution >= 0.6 is 0 Å². The topological polar surface area (TPSA) is 29.9 Å². The molecule has 20 heavy (non-hydrogen) atoms. The van der Waals surface area contributed by atoms with Crippen molar-refractivity contribution in [3.8, 4) is 0 Å². The van der Waals surface area contributed by atoms with Crippen molar-refractivity contribution in [2.75, 3.05) is 6.54 Å². The van der Waals surface area contributed by atoms with E-state index in [4.69, 9.17) is 0 Å². The van der Waals surface area contributed by atoms with Crippen LogP contribution in [0.3, 0.4) is 0 Å². The van der Waals surface area contributed by atoms with Crippen LogP contribution in [0.25, 0.3) is 0 Å². The molecule has 0 spiro atoms. The second kappa shape index (κ2) is 6.75. The maximum absolute atomic E-state index is 4.31. The normalized spacial score (nSPS) is 21.0. The van der Waals surface area contributed by atoms with Gasteiger partial charge in [-0.2, -0.15) is 5.10 Å². The highest BCUT2D eigenvalue weighted by molar-refractivity contribution is 5.07. The van der Waals surface area contributed by atoms with Gasteiger partial charge < -0.3 is 5.32 Å². The van der Waals surface area contributed by atoms with Crippen molar-refractivity contribution in [2.24, 2.45) is 18.4 Å². The van der Waals surface area contributed by atoms with Gasteiger partial charge in [0, 0.05) is 19.3 Å². The molecule has 1 aliphatic carbocycles. The molecule has 1 aliphatic rings. The predicted octanol–water partition coefficient (Wildman–Crippen LogP) is 3.55. The van der Waals surface area contributed by atoms with Crippen LogP contribution in [-0.2, 0) is 13.5 Å². The number of hydrogen-bond acceptors (Lipinski definition) is 2. The van der Waals surface area contributed by atoms with Crippen molar-refractivity contribution >= 4 is 0 Å². The molecule has 1 heterocycles. The average molecular weight is 277 g/mol. The van der Waals surface area contributed by atoms with Crippen LogP contribution < -0.4 is 5.32 Å². The second-order valence-electron chi connectivity index (χ2n) is 7.29. The van der Waals surface area contributed by atoms with Crippen LogP contribution in [0.2, 0.25) is 0 Å². The Labute approximate surface area is 124 Å². The molecule has 0 amide bonds. The molecule has 114 valence electrons. The Hall–Kier alpha value is -0.830. The Balaban J connectivity index is 1.96. The number of rotatable bonds is 6. The molecule has 1 N–H and O–H groups in total. The van der Waals surface area contributed by atoms with E-state index in [-0.39, 0.29) is 0 Å². The summed E-state index contributed by atoms with van der Waals surface area (Å²) < 4.78 is 1.91. The Morgan fingerprint density at radius 1 is 1.40 bits per heavy atom. The summed E-state index contributed by atoms with van der Waals surface area (Å²) in [5.41, 5.74) is 1.92. The maximum atomic E-state index is 4.31. The molecule has 1 aromatic rings. The van der Waals surface area contributed by atoms with Crippen molar-refractivity contribution in [1.29, 1.82) is 0 Å². The van der Waals surface area contributed by atoms with Crippen molar-refractivity contribution in [1.82, 2.24) is 15.1 Å². The van der Waals surface area contributed by atoms with E-state index >= 15 is 0 Å². The van der Waals surface area contributed by atoms with Gasteiger partial charge in [0.15, 0.2) is 0 Å². The van der Waals surface area contributed by atoms with Gasteiger partial charge in [-0.15, -0.1) is 0 Å². The van der Waals surface area contributed by atoms with Crippen molar-refractivity contribution in [2.45, 2.75) is 65.3 Å². The molecule has 3 heteroatoms. The van der Waals surface area contributed by atoms with Crippen molar-refractivity contribution < 1.29 is 0 Å². The summed E-state index contributed by atoms with van der Waals surface area (Å²) in [7, 11) is 2.00. The Morgan fingerprint density at radius 3 is 2.65 bits per heavy atom. The highest BCUT2D eigenvalue weighted by atomic mass is 15.2. The summed E-state index contributed by atoms with van der Waals surface area (Å²) in [5.74, 6) is 0.829. The summed E-state index contributed by atoms with van der Waals surface area (Å²) in [4.78, 5) is 0. The lowest BCUT2D eigenvalue weighted by Gasteiger charge is -2.38. The molecule has 1 fully saturated rings. The first kappa shape index (κ1) is 15.6. The monoisotopic (exact) mass is 277 g/mol. The lowest BCUT2D eigenvalue weighted by Crippen LogP contribution is -2.41. The zero-order valence-corrected chi connectivity index (χ0v) is 13.7. The number of nitrogens with one attached hydrogen (secondary N) is 1. The maximum Gasteiger partial charge on any atom is 0.0522 e. The van der Waals surface area contributed by atoms with Gasteiger partial charge in [-0.1, -0.05) is 20.8 Å². The van der Waals surface area contributed by atoms with Gasteiger partial charge in [0.1, 0.15) is 0 Å². The van der Waals surface area contributed by atoms with E-state index in [2.05, 4.69) is 37.4 Å². The lowest BCUT2D eigenvalue weighted by atomic mass is 9.70. The minimum Gasteiger partial charge on any atom is -0.313 e. The number of aryl methyl sites for hydroxylation is 1. The Bertz CT molecular complexity index is 398. The molecular formula is C17H31N3. The van der Waals surface area contributed by atoms with Crippen LogP contribution in [0.1, 0.15) is 58.4 Å². The molecule has 0 aromatic carbocycles. The van der Waals surface area contributed by atoms with Crippen LogP contribution in [0.15, 0.2) is 12.4 Å². The van der Waals surface area contributed by atoms with E-state index in [0.717, 1.165) is 18.9 Å². The molecule has 0 bridgehead atoms. The summed E-state index contributed by atoms with van der Waals surface area (Å²) >= 11 is 0. The zero-order chi connectivity index (χ0) is 14.6. The summed E-state index contributed by atoms with van der Waals surface area (Å²) in [6.45, 7) is 8.21. The molecule has 0 radical (unpaired) electrons. The van der Waals surface area contributed by atoms with Gasteiger partial charge in [0.25, 0.3) is 0 Å². The standard InChI is InChI=1S/C17H31N3/c1-5-10-18-16(11-14-12-19-20(4)13-14)15-6-8-17(2,3)9-7-15/h12-13,15-16,18H,5-11H2,1-4H3. The van der Waals surface area contributed by atoms with Gasteiger partial charge in [-0.25, -0.2) is 0 Å². The van der Waals surface area contributed by atoms with E-state index < -0.39 is 0 Å². The third-order valence-corrected chi connectivity index (χ3v) is 4.82. The Kier molecular flexibility index (Phi) is 5.25. The first-order chi connectivity index (χ1) is 9.50. The third kappa shape index (κ3) is 4.34. The summed E-state index contributed by atoms with van der Waals surface area (Å²) in [6, 6.07) is 0.621. The molecule has 1 unspecified atom stereocenters. The fourth-order valence-corrected chi connectivity index (χ4v) is 3.39. The minimum atomic E-state index is 0.556. The van der Waals surface area contributed by atoms with Gasteiger partial charge in [-0.05, 0) is 62.0 Å². The fraction of sp³-hybridized carbons (Fsp3) is 0.824. The number of hydrogen-bond donors (Lipinski definition) is 1. The predicted molar refractivity (Wildman–Crippen MR) is 84.7 cm³/mol. The first-order valence-electron chi connectivity index (χ1n) is 8.21. The van der Waals surface area contributed by atoms with Crippen molar-refractivity contribution in [3.05, 3.63) is 18.0 Å². The van der Waals surface area contributed by atoms with E-state index in [0.29, 0.717) is 11.5 Å². The highest BCUT2D eigenvalue weighted by Gasteiger charge is 2.31. The van der Waals surface area contributed by atoms with E-state index in [9.17, 15) is 0 Å². The lowest BCUT2D eigenvalue weighted by molar-refractivity contribution is 0.160. The van der Waals surface area contributed by atoms with E-state index in [1.54, 1.807) is 0 Å². The van der Waals surface area contributed by atoms with Crippen LogP contribution in [-0.4, -0.2) is 22.4 Å². The molecule has 1 aromatic heterocycles. The van der Waals surface area contributed by atoms with Crippen molar-refractivity contribution in [3.63, 3.8) is 0 Å². The van der Waals surface area contributed by atoms with E-state index in [1.165, 1.54) is 37.7 Å². The molecular weight excluding hydrogens is 246 g/mol. The van der Waals surface area contributed by atoms with Gasteiger partial charge in [0.05, 0.1) is 6.20 Å². The number of nitrogens with zero attached hydrogens (tertiary/aromatic N) is 2. The average Bonchev–Trinajstić information content (AvgIpc) is 2.80. The van der Waals surface area contributed by atoms with Crippen LogP contribution in [0.5, 0.6) is 0 Å². The smallest absolute Gasteiger partial charge is 0.0522 e. The molecule has 1 saturated carbocycles.